The van der Waals surface area contributed by atoms with Gasteiger partial charge >= 0.3 is 0 Å². The summed E-state index contributed by atoms with van der Waals surface area (Å²) in [6.45, 7) is 3.07. The van der Waals surface area contributed by atoms with Crippen LogP contribution in [0.25, 0.3) is 0 Å². The molecule has 2 aromatic rings. The highest BCUT2D eigenvalue weighted by Crippen LogP contribution is 2.25. The van der Waals surface area contributed by atoms with E-state index in [0.717, 1.165) is 0 Å². The van der Waals surface area contributed by atoms with Crippen LogP contribution < -0.4 is 5.32 Å². The molecule has 1 amide bonds. The molecule has 0 radical (unpaired) electrons. The van der Waals surface area contributed by atoms with Gasteiger partial charge in [0.2, 0.25) is 5.91 Å². The molecule has 0 aromatic heterocycles. The maximum absolute atomic E-state index is 12.1. The zero-order valence-corrected chi connectivity index (χ0v) is 14.1. The molecule has 2 rings (SSSR count). The molecule has 0 saturated carbocycles. The summed E-state index contributed by atoms with van der Waals surface area (Å²) in [4.78, 5) is 14.1. The van der Waals surface area contributed by atoms with Crippen LogP contribution in [0.4, 0.5) is 5.69 Å². The standard InChI is InChI=1S/C17H18Cl2N2O/c1-12-5-3-4-6-13(12)10-21(2)11-17(22)20-16-8-7-14(18)9-15(16)19/h3-9H,10-11H2,1-2H3,(H,20,22). The lowest BCUT2D eigenvalue weighted by Gasteiger charge is -2.18. The highest BCUT2D eigenvalue weighted by atomic mass is 35.5. The predicted molar refractivity (Wildman–Crippen MR) is 92.6 cm³/mol. The molecule has 0 spiro atoms. The summed E-state index contributed by atoms with van der Waals surface area (Å²) in [5.74, 6) is -0.111. The molecule has 0 fully saturated rings. The molecule has 0 aliphatic heterocycles. The molecule has 0 saturated heterocycles. The Labute approximate surface area is 140 Å². The topological polar surface area (TPSA) is 32.3 Å². The summed E-state index contributed by atoms with van der Waals surface area (Å²) in [5.41, 5.74) is 3.00. The fourth-order valence-electron chi connectivity index (χ4n) is 2.16. The number of likely N-dealkylation sites (N-methyl/N-ethyl adjacent to an activating group) is 1. The second kappa shape index (κ2) is 7.63. The number of anilines is 1. The molecular weight excluding hydrogens is 319 g/mol. The minimum Gasteiger partial charge on any atom is -0.324 e. The van der Waals surface area contributed by atoms with Crippen molar-refractivity contribution >= 4 is 34.8 Å². The summed E-state index contributed by atoms with van der Waals surface area (Å²) >= 11 is 11.9. The van der Waals surface area contributed by atoms with Gasteiger partial charge in [0.05, 0.1) is 17.3 Å². The second-order valence-corrected chi connectivity index (χ2v) is 6.11. The fraction of sp³-hybridized carbons (Fsp3) is 0.235. The number of nitrogens with zero attached hydrogens (tertiary/aromatic N) is 1. The molecule has 116 valence electrons. The first-order valence-electron chi connectivity index (χ1n) is 6.93. The number of hydrogen-bond acceptors (Lipinski definition) is 2. The van der Waals surface area contributed by atoms with Gasteiger partial charge in [-0.1, -0.05) is 47.5 Å². The van der Waals surface area contributed by atoms with Gasteiger partial charge in [-0.25, -0.2) is 0 Å². The van der Waals surface area contributed by atoms with Crippen LogP contribution in [0.5, 0.6) is 0 Å². The van der Waals surface area contributed by atoms with Gasteiger partial charge in [-0.15, -0.1) is 0 Å². The third-order valence-corrected chi connectivity index (χ3v) is 3.87. The van der Waals surface area contributed by atoms with E-state index < -0.39 is 0 Å². The molecule has 0 heterocycles. The van der Waals surface area contributed by atoms with E-state index in [9.17, 15) is 4.79 Å². The summed E-state index contributed by atoms with van der Waals surface area (Å²) in [6.07, 6.45) is 0. The molecule has 0 atom stereocenters. The van der Waals surface area contributed by atoms with Crippen molar-refractivity contribution in [3.63, 3.8) is 0 Å². The van der Waals surface area contributed by atoms with Gasteiger partial charge in [-0.3, -0.25) is 9.69 Å². The molecule has 0 aliphatic rings. The monoisotopic (exact) mass is 336 g/mol. The Morgan fingerprint density at radius 2 is 1.91 bits per heavy atom. The van der Waals surface area contributed by atoms with Crippen molar-refractivity contribution in [2.45, 2.75) is 13.5 Å². The molecule has 5 heteroatoms. The first-order valence-corrected chi connectivity index (χ1v) is 7.69. The molecule has 0 aliphatic carbocycles. The van der Waals surface area contributed by atoms with Gasteiger partial charge in [0, 0.05) is 11.6 Å². The van der Waals surface area contributed by atoms with Crippen molar-refractivity contribution in [3.05, 3.63) is 63.6 Å². The zero-order chi connectivity index (χ0) is 16.1. The lowest BCUT2D eigenvalue weighted by Crippen LogP contribution is -2.30. The van der Waals surface area contributed by atoms with E-state index in [2.05, 4.69) is 24.4 Å². The number of benzene rings is 2. The number of carbonyl (C=O) groups excluding carboxylic acids is 1. The van der Waals surface area contributed by atoms with E-state index in [1.165, 1.54) is 11.1 Å². The van der Waals surface area contributed by atoms with E-state index in [1.54, 1.807) is 18.2 Å². The molecule has 3 nitrogen and oxygen atoms in total. The molecular formula is C17H18Cl2N2O. The minimum atomic E-state index is -0.111. The molecule has 2 aromatic carbocycles. The quantitative estimate of drug-likeness (QED) is 0.879. The fourth-order valence-corrected chi connectivity index (χ4v) is 2.62. The van der Waals surface area contributed by atoms with Gasteiger partial charge in [0.15, 0.2) is 0 Å². The van der Waals surface area contributed by atoms with Crippen LogP contribution in [-0.4, -0.2) is 24.4 Å². The van der Waals surface area contributed by atoms with Crippen molar-refractivity contribution in [1.82, 2.24) is 4.90 Å². The molecule has 0 bridgehead atoms. The SMILES string of the molecule is Cc1ccccc1CN(C)CC(=O)Nc1ccc(Cl)cc1Cl. The summed E-state index contributed by atoms with van der Waals surface area (Å²) in [6, 6.07) is 13.1. The van der Waals surface area contributed by atoms with Crippen molar-refractivity contribution < 1.29 is 4.79 Å². The van der Waals surface area contributed by atoms with E-state index >= 15 is 0 Å². The lowest BCUT2D eigenvalue weighted by molar-refractivity contribution is -0.117. The zero-order valence-electron chi connectivity index (χ0n) is 12.6. The van der Waals surface area contributed by atoms with Crippen LogP contribution >= 0.6 is 23.2 Å². The normalized spacial score (nSPS) is 10.8. The van der Waals surface area contributed by atoms with Gasteiger partial charge in [-0.2, -0.15) is 0 Å². The number of rotatable bonds is 5. The van der Waals surface area contributed by atoms with Crippen LogP contribution in [0.2, 0.25) is 10.0 Å². The van der Waals surface area contributed by atoms with Gasteiger partial charge < -0.3 is 5.32 Å². The van der Waals surface area contributed by atoms with Crippen molar-refractivity contribution in [2.24, 2.45) is 0 Å². The Balaban J connectivity index is 1.93. The smallest absolute Gasteiger partial charge is 0.238 e. The lowest BCUT2D eigenvalue weighted by atomic mass is 10.1. The van der Waals surface area contributed by atoms with E-state index in [0.29, 0.717) is 22.3 Å². The van der Waals surface area contributed by atoms with Crippen LogP contribution in [0.1, 0.15) is 11.1 Å². The Hall–Kier alpha value is -1.55. The molecule has 1 N–H and O–H groups in total. The maximum atomic E-state index is 12.1. The van der Waals surface area contributed by atoms with E-state index in [-0.39, 0.29) is 12.5 Å². The predicted octanol–water partition coefficient (Wildman–Crippen LogP) is 4.37. The number of carbonyl (C=O) groups is 1. The second-order valence-electron chi connectivity index (χ2n) is 5.27. The van der Waals surface area contributed by atoms with E-state index in [4.69, 9.17) is 23.2 Å². The minimum absolute atomic E-state index is 0.111. The number of halogens is 2. The van der Waals surface area contributed by atoms with Crippen LogP contribution in [-0.2, 0) is 11.3 Å². The molecule has 22 heavy (non-hydrogen) atoms. The third kappa shape index (κ3) is 4.73. The maximum Gasteiger partial charge on any atom is 0.238 e. The average molecular weight is 337 g/mol. The number of aryl methyl sites for hydroxylation is 1. The Morgan fingerprint density at radius 1 is 1.18 bits per heavy atom. The van der Waals surface area contributed by atoms with Crippen molar-refractivity contribution in [3.8, 4) is 0 Å². The number of hydrogen-bond donors (Lipinski definition) is 1. The highest BCUT2D eigenvalue weighted by molar-refractivity contribution is 6.36. The van der Waals surface area contributed by atoms with Crippen molar-refractivity contribution in [2.75, 3.05) is 18.9 Å². The van der Waals surface area contributed by atoms with Gasteiger partial charge in [0.25, 0.3) is 0 Å². The summed E-state index contributed by atoms with van der Waals surface area (Å²) < 4.78 is 0. The van der Waals surface area contributed by atoms with E-state index in [1.807, 2.05) is 24.1 Å². The Kier molecular flexibility index (Phi) is 5.83. The average Bonchev–Trinajstić information content (AvgIpc) is 2.44. The third-order valence-electron chi connectivity index (χ3n) is 3.32. The number of amides is 1. The van der Waals surface area contributed by atoms with Crippen LogP contribution in [0.3, 0.4) is 0 Å². The van der Waals surface area contributed by atoms with Gasteiger partial charge in [0.1, 0.15) is 0 Å². The highest BCUT2D eigenvalue weighted by Gasteiger charge is 2.10. The first kappa shape index (κ1) is 16.8. The summed E-state index contributed by atoms with van der Waals surface area (Å²) in [5, 5.41) is 3.77. The van der Waals surface area contributed by atoms with Crippen LogP contribution in [0.15, 0.2) is 42.5 Å². The Morgan fingerprint density at radius 3 is 2.59 bits per heavy atom. The first-order chi connectivity index (χ1) is 10.5. The molecule has 0 unspecified atom stereocenters. The number of nitrogens with one attached hydrogen (secondary N) is 1. The summed E-state index contributed by atoms with van der Waals surface area (Å²) in [7, 11) is 1.91. The van der Waals surface area contributed by atoms with Crippen molar-refractivity contribution in [1.29, 1.82) is 0 Å². The van der Waals surface area contributed by atoms with Crippen LogP contribution in [0, 0.1) is 6.92 Å². The Bertz CT molecular complexity index is 673. The largest absolute Gasteiger partial charge is 0.324 e. The van der Waals surface area contributed by atoms with Gasteiger partial charge in [-0.05, 0) is 43.3 Å².